The number of nitriles is 1. The lowest BCUT2D eigenvalue weighted by Gasteiger charge is -2.31. The molecule has 1 aromatic rings. The Bertz CT molecular complexity index is 898. The Kier molecular flexibility index (Phi) is 9.32. The minimum Gasteiger partial charge on any atom is -0.462 e. The number of carbonyl (C=O) groups is 1. The summed E-state index contributed by atoms with van der Waals surface area (Å²) in [6.07, 6.45) is 8.69. The topological polar surface area (TPSA) is 50.1 Å². The van der Waals surface area contributed by atoms with Crippen molar-refractivity contribution in [2.75, 3.05) is 0 Å². The first-order chi connectivity index (χ1) is 16.3. The highest BCUT2D eigenvalue weighted by molar-refractivity contribution is 5.72. The SMILES string of the molecule is N#CC(F)=C/C=C/CCC1CCC(OC(=O)[C@H]2CC[C@H](c3ccc(C(F)(F)F)cc3)CC2)CC1. The largest absolute Gasteiger partial charge is 0.462 e. The third-order valence-corrected chi connectivity index (χ3v) is 7.07. The smallest absolute Gasteiger partial charge is 0.416 e. The number of halogens is 4. The first-order valence-corrected chi connectivity index (χ1v) is 12.1. The van der Waals surface area contributed by atoms with Crippen LogP contribution in [0.5, 0.6) is 0 Å². The van der Waals surface area contributed by atoms with Crippen LogP contribution in [0.3, 0.4) is 0 Å². The molecule has 0 amide bonds. The van der Waals surface area contributed by atoms with Crippen molar-refractivity contribution in [3.05, 3.63) is 59.4 Å². The van der Waals surface area contributed by atoms with E-state index < -0.39 is 17.6 Å². The van der Waals surface area contributed by atoms with E-state index in [0.717, 1.165) is 75.1 Å². The number of benzene rings is 1. The molecule has 3 rings (SSSR count). The van der Waals surface area contributed by atoms with Crippen molar-refractivity contribution in [2.45, 2.75) is 82.4 Å². The van der Waals surface area contributed by atoms with Gasteiger partial charge in [-0.15, -0.1) is 0 Å². The minimum atomic E-state index is -4.33. The number of esters is 1. The summed E-state index contributed by atoms with van der Waals surface area (Å²) in [7, 11) is 0. The van der Waals surface area contributed by atoms with E-state index in [4.69, 9.17) is 10.00 Å². The molecule has 0 unspecified atom stereocenters. The fourth-order valence-corrected chi connectivity index (χ4v) is 5.02. The lowest BCUT2D eigenvalue weighted by Crippen LogP contribution is -2.29. The first-order valence-electron chi connectivity index (χ1n) is 12.1. The Balaban J connectivity index is 1.35. The minimum absolute atomic E-state index is 0.0420. The zero-order chi connectivity index (χ0) is 24.6. The average Bonchev–Trinajstić information content (AvgIpc) is 2.84. The molecule has 0 atom stereocenters. The summed E-state index contributed by atoms with van der Waals surface area (Å²) in [4.78, 5) is 12.7. The Hall–Kier alpha value is -2.62. The van der Waals surface area contributed by atoms with Crippen molar-refractivity contribution in [1.29, 1.82) is 5.26 Å². The maximum Gasteiger partial charge on any atom is 0.416 e. The van der Waals surface area contributed by atoms with Crippen LogP contribution in [0.15, 0.2) is 48.3 Å². The summed E-state index contributed by atoms with van der Waals surface area (Å²) in [6, 6.07) is 6.81. The molecular weight excluding hydrogens is 446 g/mol. The normalized spacial score (nSPS) is 26.3. The second-order valence-corrected chi connectivity index (χ2v) is 9.38. The molecule has 0 spiro atoms. The molecule has 3 nitrogen and oxygen atoms in total. The van der Waals surface area contributed by atoms with E-state index in [2.05, 4.69) is 0 Å². The number of ether oxygens (including phenoxy) is 1. The van der Waals surface area contributed by atoms with Gasteiger partial charge in [-0.3, -0.25) is 4.79 Å². The van der Waals surface area contributed by atoms with Gasteiger partial charge in [0.15, 0.2) is 5.83 Å². The number of nitrogens with zero attached hydrogens (tertiary/aromatic N) is 1. The molecule has 2 fully saturated rings. The summed E-state index contributed by atoms with van der Waals surface area (Å²) in [5, 5.41) is 8.36. The van der Waals surface area contributed by atoms with E-state index in [1.54, 1.807) is 18.2 Å². The molecule has 34 heavy (non-hydrogen) atoms. The maximum atomic E-state index is 12.8. The van der Waals surface area contributed by atoms with Gasteiger partial charge in [0.25, 0.3) is 0 Å². The average molecular weight is 478 g/mol. The summed E-state index contributed by atoms with van der Waals surface area (Å²) in [6.45, 7) is 0. The van der Waals surface area contributed by atoms with Crippen LogP contribution in [0.4, 0.5) is 17.6 Å². The maximum absolute atomic E-state index is 12.8. The zero-order valence-electron chi connectivity index (χ0n) is 19.2. The van der Waals surface area contributed by atoms with E-state index in [-0.39, 0.29) is 23.9 Å². The van der Waals surface area contributed by atoms with Gasteiger partial charge in [-0.25, -0.2) is 0 Å². The van der Waals surface area contributed by atoms with Gasteiger partial charge in [-0.05, 0) is 99.8 Å². The van der Waals surface area contributed by atoms with Gasteiger partial charge in [0.05, 0.1) is 11.5 Å². The molecule has 0 heterocycles. The van der Waals surface area contributed by atoms with Crippen molar-refractivity contribution < 1.29 is 27.1 Å². The molecule has 1 aromatic carbocycles. The molecule has 0 aromatic heterocycles. The predicted molar refractivity (Wildman–Crippen MR) is 121 cm³/mol. The third-order valence-electron chi connectivity index (χ3n) is 7.07. The summed E-state index contributed by atoms with van der Waals surface area (Å²) in [5.74, 6) is -0.322. The Labute approximate surface area is 198 Å². The van der Waals surface area contributed by atoms with E-state index in [0.29, 0.717) is 18.8 Å². The number of carbonyl (C=O) groups excluding carboxylic acids is 1. The summed E-state index contributed by atoms with van der Waals surface area (Å²) in [5.41, 5.74) is 0.266. The van der Waals surface area contributed by atoms with Gasteiger partial charge in [0.2, 0.25) is 0 Å². The fraction of sp³-hybridized carbons (Fsp3) is 0.556. The van der Waals surface area contributed by atoms with Crippen molar-refractivity contribution in [1.82, 2.24) is 0 Å². The molecule has 184 valence electrons. The van der Waals surface area contributed by atoms with Gasteiger partial charge < -0.3 is 4.74 Å². The van der Waals surface area contributed by atoms with E-state index in [1.165, 1.54) is 6.07 Å². The van der Waals surface area contributed by atoms with Crippen molar-refractivity contribution in [2.24, 2.45) is 11.8 Å². The van der Waals surface area contributed by atoms with Crippen LogP contribution in [0.25, 0.3) is 0 Å². The van der Waals surface area contributed by atoms with Gasteiger partial charge >= 0.3 is 12.1 Å². The molecular formula is C27H31F4NO2. The Morgan fingerprint density at radius 3 is 2.26 bits per heavy atom. The standard InChI is InChI=1S/C27H31F4NO2/c28-24(18-32)5-3-1-2-4-19-6-16-25(17-7-19)34-26(33)22-10-8-20(9-11-22)21-12-14-23(15-13-21)27(29,30)31/h1,3,5,12-15,19-20,22,25H,2,4,6-11,16-17H2/b3-1+,24-5?/t19?,20-,22-,25?. The van der Waals surface area contributed by atoms with Crippen molar-refractivity contribution in [3.63, 3.8) is 0 Å². The lowest BCUT2D eigenvalue weighted by atomic mass is 9.78. The van der Waals surface area contributed by atoms with E-state index in [1.807, 2.05) is 6.08 Å². The number of allylic oxidation sites excluding steroid dienone is 4. The first kappa shape index (κ1) is 26.0. The summed E-state index contributed by atoms with van der Waals surface area (Å²) < 4.78 is 56.8. The van der Waals surface area contributed by atoms with E-state index in [9.17, 15) is 22.4 Å². The van der Waals surface area contributed by atoms with Gasteiger partial charge in [0, 0.05) is 0 Å². The third kappa shape index (κ3) is 7.72. The molecule has 0 bridgehead atoms. The highest BCUT2D eigenvalue weighted by Crippen LogP contribution is 2.38. The Morgan fingerprint density at radius 1 is 1.03 bits per heavy atom. The number of rotatable bonds is 7. The fourth-order valence-electron chi connectivity index (χ4n) is 5.02. The highest BCUT2D eigenvalue weighted by Gasteiger charge is 2.33. The van der Waals surface area contributed by atoms with Crippen LogP contribution in [0.2, 0.25) is 0 Å². The lowest BCUT2D eigenvalue weighted by molar-refractivity contribution is -0.157. The molecule has 0 aliphatic heterocycles. The summed E-state index contributed by atoms with van der Waals surface area (Å²) >= 11 is 0. The van der Waals surface area contributed by atoms with Crippen LogP contribution in [0.1, 0.15) is 81.3 Å². The molecule has 2 aliphatic carbocycles. The molecule has 7 heteroatoms. The van der Waals surface area contributed by atoms with Crippen molar-refractivity contribution in [3.8, 4) is 6.07 Å². The van der Waals surface area contributed by atoms with Gasteiger partial charge in [0.1, 0.15) is 12.2 Å². The zero-order valence-corrected chi connectivity index (χ0v) is 19.2. The van der Waals surface area contributed by atoms with Gasteiger partial charge in [-0.2, -0.15) is 22.8 Å². The van der Waals surface area contributed by atoms with E-state index >= 15 is 0 Å². The Morgan fingerprint density at radius 2 is 1.68 bits per heavy atom. The second kappa shape index (κ2) is 12.2. The van der Waals surface area contributed by atoms with Crippen LogP contribution >= 0.6 is 0 Å². The van der Waals surface area contributed by atoms with Crippen molar-refractivity contribution >= 4 is 5.97 Å². The monoisotopic (exact) mass is 477 g/mol. The molecule has 0 N–H and O–H groups in total. The molecule has 2 saturated carbocycles. The second-order valence-electron chi connectivity index (χ2n) is 9.38. The quantitative estimate of drug-likeness (QED) is 0.174. The number of alkyl halides is 3. The van der Waals surface area contributed by atoms with Crippen LogP contribution in [-0.4, -0.2) is 12.1 Å². The highest BCUT2D eigenvalue weighted by atomic mass is 19.4. The molecule has 2 aliphatic rings. The van der Waals surface area contributed by atoms with Gasteiger partial charge in [-0.1, -0.05) is 24.3 Å². The number of hydrogen-bond acceptors (Lipinski definition) is 3. The molecule has 0 radical (unpaired) electrons. The van der Waals surface area contributed by atoms with Crippen LogP contribution < -0.4 is 0 Å². The van der Waals surface area contributed by atoms with Crippen LogP contribution in [0, 0.1) is 23.2 Å². The predicted octanol–water partition coefficient (Wildman–Crippen LogP) is 7.79. The number of hydrogen-bond donors (Lipinski definition) is 0. The van der Waals surface area contributed by atoms with Crippen LogP contribution in [-0.2, 0) is 15.7 Å². The molecule has 0 saturated heterocycles.